The summed E-state index contributed by atoms with van der Waals surface area (Å²) in [5.41, 5.74) is 0.332. The highest BCUT2D eigenvalue weighted by molar-refractivity contribution is 5.89. The van der Waals surface area contributed by atoms with Crippen LogP contribution in [0.4, 0.5) is 17.6 Å². The lowest BCUT2D eigenvalue weighted by Crippen LogP contribution is -2.38. The lowest BCUT2D eigenvalue weighted by atomic mass is 10.0. The Balaban J connectivity index is 2.06. The van der Waals surface area contributed by atoms with Crippen molar-refractivity contribution in [1.29, 1.82) is 0 Å². The van der Waals surface area contributed by atoms with Gasteiger partial charge in [0, 0.05) is 13.0 Å². The molecular weight excluding hydrogens is 360 g/mol. The van der Waals surface area contributed by atoms with Crippen LogP contribution >= 0.6 is 0 Å². The zero-order valence-corrected chi connectivity index (χ0v) is 13.4. The molecule has 142 valence electrons. The molecule has 0 aromatic heterocycles. The summed E-state index contributed by atoms with van der Waals surface area (Å²) in [7, 11) is 0. The van der Waals surface area contributed by atoms with E-state index in [1.54, 1.807) is 0 Å². The van der Waals surface area contributed by atoms with Crippen LogP contribution in [-0.4, -0.2) is 47.1 Å². The number of carbonyl (C=O) groups is 3. The van der Waals surface area contributed by atoms with Crippen molar-refractivity contribution in [2.24, 2.45) is 5.92 Å². The summed E-state index contributed by atoms with van der Waals surface area (Å²) in [6, 6.07) is 3.81. The highest BCUT2D eigenvalue weighted by Crippen LogP contribution is 2.25. The number of carbonyl (C=O) groups excluding carboxylic acids is 2. The minimum atomic E-state index is -4.57. The maximum atomic E-state index is 13.0. The number of benzene rings is 1. The molecule has 0 aliphatic carbocycles. The van der Waals surface area contributed by atoms with Crippen LogP contribution in [0.1, 0.15) is 24.4 Å². The largest absolute Gasteiger partial charge is 0.481 e. The molecule has 1 saturated heterocycles. The average Bonchev–Trinajstić information content (AvgIpc) is 2.86. The molecule has 2 rings (SSSR count). The number of rotatable bonds is 6. The van der Waals surface area contributed by atoms with Crippen molar-refractivity contribution in [1.82, 2.24) is 10.2 Å². The van der Waals surface area contributed by atoms with Crippen molar-refractivity contribution in [3.05, 3.63) is 35.6 Å². The summed E-state index contributed by atoms with van der Waals surface area (Å²) in [6.45, 7) is -1.83. The first-order chi connectivity index (χ1) is 12.0. The van der Waals surface area contributed by atoms with Gasteiger partial charge in [0.2, 0.25) is 11.8 Å². The van der Waals surface area contributed by atoms with E-state index in [-0.39, 0.29) is 6.42 Å². The third kappa shape index (κ3) is 5.43. The van der Waals surface area contributed by atoms with Gasteiger partial charge in [0.25, 0.3) is 0 Å². The average molecular weight is 376 g/mol. The van der Waals surface area contributed by atoms with Gasteiger partial charge in [0.15, 0.2) is 0 Å². The van der Waals surface area contributed by atoms with E-state index in [0.717, 1.165) is 12.1 Å². The SMILES string of the molecule is O=C(O)C[C@@H](NC(=O)[C@@H]1CC(=O)N(CC(F)(F)F)C1)c1ccc(F)cc1. The molecular formula is C16H16F4N2O4. The first-order valence-corrected chi connectivity index (χ1v) is 7.67. The predicted molar refractivity (Wildman–Crippen MR) is 80.3 cm³/mol. The molecule has 1 aliphatic heterocycles. The highest BCUT2D eigenvalue weighted by atomic mass is 19.4. The molecule has 0 bridgehead atoms. The highest BCUT2D eigenvalue weighted by Gasteiger charge is 2.41. The summed E-state index contributed by atoms with van der Waals surface area (Å²) in [5.74, 6) is -4.29. The first kappa shape index (κ1) is 19.7. The van der Waals surface area contributed by atoms with Crippen LogP contribution in [0.5, 0.6) is 0 Å². The normalized spacial score (nSPS) is 18.7. The van der Waals surface area contributed by atoms with Gasteiger partial charge >= 0.3 is 12.1 Å². The van der Waals surface area contributed by atoms with Gasteiger partial charge in [-0.25, -0.2) is 4.39 Å². The van der Waals surface area contributed by atoms with E-state index >= 15 is 0 Å². The first-order valence-electron chi connectivity index (χ1n) is 7.67. The van der Waals surface area contributed by atoms with Crippen LogP contribution in [0.3, 0.4) is 0 Å². The van der Waals surface area contributed by atoms with Gasteiger partial charge < -0.3 is 15.3 Å². The lowest BCUT2D eigenvalue weighted by Gasteiger charge is -2.21. The number of hydrogen-bond donors (Lipinski definition) is 2. The smallest absolute Gasteiger partial charge is 0.406 e. The second-order valence-corrected chi connectivity index (χ2v) is 6.00. The van der Waals surface area contributed by atoms with Crippen LogP contribution in [0.25, 0.3) is 0 Å². The van der Waals surface area contributed by atoms with E-state index in [4.69, 9.17) is 5.11 Å². The topological polar surface area (TPSA) is 86.7 Å². The zero-order chi connectivity index (χ0) is 19.5. The number of nitrogens with zero attached hydrogens (tertiary/aromatic N) is 1. The quantitative estimate of drug-likeness (QED) is 0.742. The Morgan fingerprint density at radius 3 is 2.42 bits per heavy atom. The summed E-state index contributed by atoms with van der Waals surface area (Å²) in [6.07, 6.45) is -5.45. The van der Waals surface area contributed by atoms with Crippen molar-refractivity contribution >= 4 is 17.8 Å². The van der Waals surface area contributed by atoms with Crippen LogP contribution in [0.15, 0.2) is 24.3 Å². The van der Waals surface area contributed by atoms with Crippen LogP contribution in [0, 0.1) is 11.7 Å². The Hall–Kier alpha value is -2.65. The molecule has 1 aromatic carbocycles. The summed E-state index contributed by atoms with van der Waals surface area (Å²) in [5, 5.41) is 11.4. The van der Waals surface area contributed by atoms with E-state index in [2.05, 4.69) is 5.32 Å². The number of nitrogens with one attached hydrogen (secondary N) is 1. The molecule has 6 nitrogen and oxygen atoms in total. The van der Waals surface area contributed by atoms with Crippen molar-refractivity contribution in [3.8, 4) is 0 Å². The molecule has 26 heavy (non-hydrogen) atoms. The van der Waals surface area contributed by atoms with Gasteiger partial charge in [0.05, 0.1) is 18.4 Å². The maximum Gasteiger partial charge on any atom is 0.406 e. The standard InChI is InChI=1S/C16H16F4N2O4/c17-11-3-1-9(2-4-11)12(6-14(24)25)21-15(26)10-5-13(23)22(7-10)8-16(18,19)20/h1-4,10,12H,5-8H2,(H,21,26)(H,24,25)/t10-,12-/m1/s1. The molecule has 1 fully saturated rings. The van der Waals surface area contributed by atoms with Crippen molar-refractivity contribution in [2.75, 3.05) is 13.1 Å². The third-order valence-electron chi connectivity index (χ3n) is 3.92. The van der Waals surface area contributed by atoms with E-state index < -0.39 is 61.2 Å². The van der Waals surface area contributed by atoms with Gasteiger partial charge in [0.1, 0.15) is 12.4 Å². The molecule has 0 unspecified atom stereocenters. The molecule has 2 N–H and O–H groups in total. The molecule has 0 radical (unpaired) electrons. The second-order valence-electron chi connectivity index (χ2n) is 6.00. The zero-order valence-electron chi connectivity index (χ0n) is 13.4. The third-order valence-corrected chi connectivity index (χ3v) is 3.92. The minimum absolute atomic E-state index is 0.332. The van der Waals surface area contributed by atoms with Crippen molar-refractivity contribution < 1.29 is 37.1 Å². The Kier molecular flexibility index (Phi) is 5.83. The van der Waals surface area contributed by atoms with Crippen LogP contribution in [0.2, 0.25) is 0 Å². The van der Waals surface area contributed by atoms with E-state index in [1.807, 2.05) is 0 Å². The van der Waals surface area contributed by atoms with Gasteiger partial charge in [-0.3, -0.25) is 14.4 Å². The van der Waals surface area contributed by atoms with E-state index in [9.17, 15) is 31.9 Å². The van der Waals surface area contributed by atoms with Crippen LogP contribution < -0.4 is 5.32 Å². The van der Waals surface area contributed by atoms with Gasteiger partial charge in [-0.2, -0.15) is 13.2 Å². The predicted octanol–water partition coefficient (Wildman–Crippen LogP) is 1.87. The molecule has 0 saturated carbocycles. The molecule has 2 amide bonds. The fraction of sp³-hybridized carbons (Fsp3) is 0.438. The lowest BCUT2D eigenvalue weighted by molar-refractivity contribution is -0.157. The number of alkyl halides is 3. The van der Waals surface area contributed by atoms with Gasteiger partial charge in [-0.15, -0.1) is 0 Å². The minimum Gasteiger partial charge on any atom is -0.481 e. The molecule has 0 spiro atoms. The Morgan fingerprint density at radius 1 is 1.27 bits per heavy atom. The van der Waals surface area contributed by atoms with E-state index in [0.29, 0.717) is 10.5 Å². The number of likely N-dealkylation sites (tertiary alicyclic amines) is 1. The second kappa shape index (κ2) is 7.71. The van der Waals surface area contributed by atoms with Gasteiger partial charge in [-0.05, 0) is 17.7 Å². The number of amides is 2. The number of carboxylic acids is 1. The van der Waals surface area contributed by atoms with Crippen molar-refractivity contribution in [2.45, 2.75) is 25.1 Å². The molecule has 10 heteroatoms. The molecule has 1 aliphatic rings. The Labute approximate surface area is 145 Å². The molecule has 2 atom stereocenters. The monoisotopic (exact) mass is 376 g/mol. The summed E-state index contributed by atoms with van der Waals surface area (Å²) >= 11 is 0. The Morgan fingerprint density at radius 2 is 1.88 bits per heavy atom. The Bertz CT molecular complexity index is 690. The van der Waals surface area contributed by atoms with Gasteiger partial charge in [-0.1, -0.05) is 12.1 Å². The van der Waals surface area contributed by atoms with Crippen molar-refractivity contribution in [3.63, 3.8) is 0 Å². The molecule has 1 heterocycles. The molecule has 1 aromatic rings. The summed E-state index contributed by atoms with van der Waals surface area (Å²) in [4.78, 5) is 35.5. The fourth-order valence-electron chi connectivity index (χ4n) is 2.73. The number of halogens is 4. The maximum absolute atomic E-state index is 13.0. The summed E-state index contributed by atoms with van der Waals surface area (Å²) < 4.78 is 50.3. The fourth-order valence-corrected chi connectivity index (χ4v) is 2.73. The number of hydrogen-bond acceptors (Lipinski definition) is 3. The number of carboxylic acid groups (broad SMARTS) is 1. The van der Waals surface area contributed by atoms with Crippen LogP contribution in [-0.2, 0) is 14.4 Å². The number of aliphatic carboxylic acids is 1. The van der Waals surface area contributed by atoms with E-state index in [1.165, 1.54) is 12.1 Å².